The normalized spacial score (nSPS) is 11.0. The Kier molecular flexibility index (Phi) is 8.95. The maximum atomic E-state index is 3.44. The van der Waals surface area contributed by atoms with Gasteiger partial charge in [0.25, 0.3) is 0 Å². The van der Waals surface area contributed by atoms with Crippen molar-refractivity contribution in [1.82, 2.24) is 10.2 Å². The third-order valence-corrected chi connectivity index (χ3v) is 2.17. The van der Waals surface area contributed by atoms with Crippen LogP contribution < -0.4 is 5.32 Å². The van der Waals surface area contributed by atoms with Crippen LogP contribution in [-0.2, 0) is 0 Å². The van der Waals surface area contributed by atoms with Crippen molar-refractivity contribution < 1.29 is 0 Å². The van der Waals surface area contributed by atoms with Crippen molar-refractivity contribution in [2.75, 3.05) is 33.2 Å². The molecule has 74 valence electrons. The van der Waals surface area contributed by atoms with Crippen LogP contribution in [0.3, 0.4) is 0 Å². The Labute approximate surface area is 77.3 Å². The molecule has 0 bridgehead atoms. The van der Waals surface area contributed by atoms with Crippen LogP contribution in [0.4, 0.5) is 0 Å². The molecule has 12 heavy (non-hydrogen) atoms. The molecule has 0 heterocycles. The van der Waals surface area contributed by atoms with E-state index < -0.39 is 0 Å². The zero-order chi connectivity index (χ0) is 9.23. The summed E-state index contributed by atoms with van der Waals surface area (Å²) in [6.45, 7) is 9.07. The van der Waals surface area contributed by atoms with Crippen LogP contribution in [0.25, 0.3) is 0 Å². The van der Waals surface area contributed by atoms with E-state index in [1.54, 1.807) is 0 Å². The summed E-state index contributed by atoms with van der Waals surface area (Å²) in [7, 11) is 2.16. The number of unbranched alkanes of at least 4 members (excludes halogenated alkanes) is 2. The van der Waals surface area contributed by atoms with E-state index >= 15 is 0 Å². The van der Waals surface area contributed by atoms with E-state index in [0.29, 0.717) is 0 Å². The molecule has 0 unspecified atom stereocenters. The topological polar surface area (TPSA) is 15.3 Å². The number of nitrogens with one attached hydrogen (secondary N) is 1. The first-order chi connectivity index (χ1) is 5.81. The zero-order valence-corrected chi connectivity index (χ0v) is 8.90. The average molecular weight is 172 g/mol. The van der Waals surface area contributed by atoms with Crippen molar-refractivity contribution in [3.05, 3.63) is 0 Å². The highest BCUT2D eigenvalue weighted by Crippen LogP contribution is 1.90. The second kappa shape index (κ2) is 9.01. The van der Waals surface area contributed by atoms with Crippen molar-refractivity contribution in [3.8, 4) is 0 Å². The summed E-state index contributed by atoms with van der Waals surface area (Å²) in [6, 6.07) is 0. The Morgan fingerprint density at radius 2 is 1.83 bits per heavy atom. The van der Waals surface area contributed by atoms with Crippen LogP contribution >= 0.6 is 0 Å². The van der Waals surface area contributed by atoms with Crippen LogP contribution in [0.15, 0.2) is 0 Å². The summed E-state index contributed by atoms with van der Waals surface area (Å²) in [6.07, 6.45) is 4.00. The maximum Gasteiger partial charge on any atom is 0.0104 e. The Balaban J connectivity index is 2.90. The molecule has 0 spiro atoms. The number of nitrogens with zero attached hydrogens (tertiary/aromatic N) is 1. The van der Waals surface area contributed by atoms with Crippen molar-refractivity contribution >= 4 is 0 Å². The maximum absolute atomic E-state index is 3.44. The molecular formula is C10H24N2. The van der Waals surface area contributed by atoms with E-state index in [2.05, 4.69) is 31.1 Å². The summed E-state index contributed by atoms with van der Waals surface area (Å²) < 4.78 is 0. The lowest BCUT2D eigenvalue weighted by Gasteiger charge is -2.13. The number of hydrogen-bond donors (Lipinski definition) is 1. The van der Waals surface area contributed by atoms with Crippen LogP contribution in [0.1, 0.15) is 33.1 Å². The number of rotatable bonds is 8. The second-order valence-electron chi connectivity index (χ2n) is 3.35. The minimum Gasteiger partial charge on any atom is -0.315 e. The van der Waals surface area contributed by atoms with Gasteiger partial charge >= 0.3 is 0 Å². The molecule has 0 saturated carbocycles. The van der Waals surface area contributed by atoms with E-state index in [-0.39, 0.29) is 0 Å². The third-order valence-electron chi connectivity index (χ3n) is 2.17. The summed E-state index contributed by atoms with van der Waals surface area (Å²) >= 11 is 0. The predicted molar refractivity (Wildman–Crippen MR) is 55.6 cm³/mol. The van der Waals surface area contributed by atoms with Crippen LogP contribution in [-0.4, -0.2) is 38.1 Å². The molecule has 0 aliphatic rings. The molecule has 0 aromatic heterocycles. The highest BCUT2D eigenvalue weighted by Gasteiger charge is 1.92. The third kappa shape index (κ3) is 8.02. The van der Waals surface area contributed by atoms with Crippen LogP contribution in [0, 0.1) is 0 Å². The molecular weight excluding hydrogens is 148 g/mol. The molecule has 0 saturated heterocycles. The predicted octanol–water partition coefficient (Wildman–Crippen LogP) is 1.72. The first kappa shape index (κ1) is 11.9. The van der Waals surface area contributed by atoms with Gasteiger partial charge in [0.2, 0.25) is 0 Å². The molecule has 0 radical (unpaired) electrons. The Morgan fingerprint density at radius 3 is 2.42 bits per heavy atom. The Hall–Kier alpha value is -0.0800. The molecule has 0 aromatic rings. The molecule has 0 atom stereocenters. The zero-order valence-electron chi connectivity index (χ0n) is 8.90. The highest BCUT2D eigenvalue weighted by atomic mass is 15.1. The van der Waals surface area contributed by atoms with Crippen molar-refractivity contribution in [2.24, 2.45) is 0 Å². The van der Waals surface area contributed by atoms with Gasteiger partial charge in [0, 0.05) is 13.1 Å². The van der Waals surface area contributed by atoms with Gasteiger partial charge in [-0.05, 0) is 26.6 Å². The monoisotopic (exact) mass is 172 g/mol. The van der Waals surface area contributed by atoms with Crippen LogP contribution in [0.5, 0.6) is 0 Å². The van der Waals surface area contributed by atoms with Gasteiger partial charge in [-0.3, -0.25) is 0 Å². The summed E-state index contributed by atoms with van der Waals surface area (Å²) in [5.41, 5.74) is 0. The molecule has 0 aliphatic carbocycles. The molecule has 2 heteroatoms. The molecule has 0 aliphatic heterocycles. The Morgan fingerprint density at radius 1 is 1.08 bits per heavy atom. The van der Waals surface area contributed by atoms with E-state index in [1.165, 1.54) is 32.4 Å². The molecule has 0 amide bonds. The first-order valence-corrected chi connectivity index (χ1v) is 5.20. The average Bonchev–Trinajstić information content (AvgIpc) is 2.10. The van der Waals surface area contributed by atoms with E-state index in [9.17, 15) is 0 Å². The van der Waals surface area contributed by atoms with E-state index in [1.807, 2.05) is 0 Å². The molecule has 1 N–H and O–H groups in total. The van der Waals surface area contributed by atoms with Crippen molar-refractivity contribution in [1.29, 1.82) is 0 Å². The lowest BCUT2D eigenvalue weighted by atomic mass is 10.2. The van der Waals surface area contributed by atoms with Crippen molar-refractivity contribution in [2.45, 2.75) is 33.1 Å². The fourth-order valence-electron chi connectivity index (χ4n) is 1.05. The van der Waals surface area contributed by atoms with Gasteiger partial charge in [-0.25, -0.2) is 0 Å². The molecule has 2 nitrogen and oxygen atoms in total. The highest BCUT2D eigenvalue weighted by molar-refractivity contribution is 4.52. The Bertz CT molecular complexity index is 83.9. The van der Waals surface area contributed by atoms with Gasteiger partial charge in [0.1, 0.15) is 0 Å². The second-order valence-corrected chi connectivity index (χ2v) is 3.35. The number of hydrogen-bond acceptors (Lipinski definition) is 2. The largest absolute Gasteiger partial charge is 0.315 e. The van der Waals surface area contributed by atoms with Crippen molar-refractivity contribution in [3.63, 3.8) is 0 Å². The summed E-state index contributed by atoms with van der Waals surface area (Å²) in [4.78, 5) is 2.33. The van der Waals surface area contributed by atoms with Gasteiger partial charge in [-0.2, -0.15) is 0 Å². The molecule has 0 aromatic carbocycles. The molecule has 0 rings (SSSR count). The van der Waals surface area contributed by atoms with Gasteiger partial charge in [-0.15, -0.1) is 0 Å². The van der Waals surface area contributed by atoms with Gasteiger partial charge < -0.3 is 10.2 Å². The quantitative estimate of drug-likeness (QED) is 0.561. The summed E-state index contributed by atoms with van der Waals surface area (Å²) in [5, 5.41) is 3.44. The minimum atomic E-state index is 1.13. The van der Waals surface area contributed by atoms with Gasteiger partial charge in [-0.1, -0.05) is 26.7 Å². The van der Waals surface area contributed by atoms with E-state index in [0.717, 1.165) is 13.1 Å². The lowest BCUT2D eigenvalue weighted by Crippen LogP contribution is -2.29. The van der Waals surface area contributed by atoms with Gasteiger partial charge in [0.15, 0.2) is 0 Å². The van der Waals surface area contributed by atoms with E-state index in [4.69, 9.17) is 0 Å². The summed E-state index contributed by atoms with van der Waals surface area (Å²) in [5.74, 6) is 0. The first-order valence-electron chi connectivity index (χ1n) is 5.20. The SMILES string of the molecule is CCCCCNCCN(C)CC. The van der Waals surface area contributed by atoms with Crippen LogP contribution in [0.2, 0.25) is 0 Å². The standard InChI is InChI=1S/C10H24N2/c1-4-6-7-8-11-9-10-12(3)5-2/h11H,4-10H2,1-3H3. The fraction of sp³-hybridized carbons (Fsp3) is 1.00. The fourth-order valence-corrected chi connectivity index (χ4v) is 1.05. The minimum absolute atomic E-state index is 1.13. The lowest BCUT2D eigenvalue weighted by molar-refractivity contribution is 0.348. The van der Waals surface area contributed by atoms with Gasteiger partial charge in [0.05, 0.1) is 0 Å². The molecule has 0 fully saturated rings. The number of likely N-dealkylation sites (N-methyl/N-ethyl adjacent to an activating group) is 1. The smallest absolute Gasteiger partial charge is 0.0104 e.